The van der Waals surface area contributed by atoms with Crippen molar-refractivity contribution in [3.05, 3.63) is 59.7 Å². The lowest BCUT2D eigenvalue weighted by Crippen LogP contribution is -2.13. The average Bonchev–Trinajstić information content (AvgIpc) is 2.63. The molecule has 16 heavy (non-hydrogen) atoms. The van der Waals surface area contributed by atoms with E-state index in [1.807, 2.05) is 19.1 Å². The molecule has 2 aromatic rings. The molecule has 1 nitrogen and oxygen atoms in total. The van der Waals surface area contributed by atoms with Crippen molar-refractivity contribution in [3.63, 3.8) is 0 Å². The van der Waals surface area contributed by atoms with Gasteiger partial charge in [0.05, 0.1) is 6.10 Å². The molecule has 2 aromatic carbocycles. The zero-order valence-corrected chi connectivity index (χ0v) is 9.22. The van der Waals surface area contributed by atoms with E-state index in [2.05, 4.69) is 36.4 Å². The van der Waals surface area contributed by atoms with Crippen LogP contribution in [0.4, 0.5) is 0 Å². The number of fused-ring (bicyclic) bond motifs is 3. The number of aliphatic hydroxyl groups excluding tert-OH is 1. The van der Waals surface area contributed by atoms with Gasteiger partial charge in [0.15, 0.2) is 0 Å². The predicted octanol–water partition coefficient (Wildman–Crippen LogP) is 3.18. The van der Waals surface area contributed by atoms with Gasteiger partial charge >= 0.3 is 0 Å². The van der Waals surface area contributed by atoms with Crippen LogP contribution in [-0.2, 0) is 0 Å². The van der Waals surface area contributed by atoms with E-state index in [1.165, 1.54) is 22.3 Å². The summed E-state index contributed by atoms with van der Waals surface area (Å²) < 4.78 is 0. The monoisotopic (exact) mass is 210 g/mol. The minimum absolute atomic E-state index is 0.132. The molecule has 1 unspecified atom stereocenters. The standard InChI is InChI=1S/C15H14O/c1-10(16)15-13-8-4-2-6-11(13)12-7-3-5-9-14(12)15/h2-10,15-16H,1H3. The van der Waals surface area contributed by atoms with Gasteiger partial charge in [-0.05, 0) is 29.2 Å². The second kappa shape index (κ2) is 3.46. The highest BCUT2D eigenvalue weighted by Gasteiger charge is 2.30. The van der Waals surface area contributed by atoms with Gasteiger partial charge in [-0.25, -0.2) is 0 Å². The molecule has 0 spiro atoms. The maximum absolute atomic E-state index is 9.95. The SMILES string of the molecule is CC(O)C1c2ccccc2-c2ccccc21. The summed E-state index contributed by atoms with van der Waals surface area (Å²) in [5.41, 5.74) is 5.03. The summed E-state index contributed by atoms with van der Waals surface area (Å²) in [7, 11) is 0. The molecule has 1 heteroatoms. The summed E-state index contributed by atoms with van der Waals surface area (Å²) in [4.78, 5) is 0. The Kier molecular flexibility index (Phi) is 2.08. The van der Waals surface area contributed by atoms with Crippen LogP contribution >= 0.6 is 0 Å². The Morgan fingerprint density at radius 2 is 1.31 bits per heavy atom. The van der Waals surface area contributed by atoms with Gasteiger partial charge < -0.3 is 5.11 Å². The zero-order valence-electron chi connectivity index (χ0n) is 9.22. The predicted molar refractivity (Wildman–Crippen MR) is 65.4 cm³/mol. The molecule has 1 atom stereocenters. The summed E-state index contributed by atoms with van der Waals surface area (Å²) in [5.74, 6) is 0.132. The Hall–Kier alpha value is -1.60. The molecule has 3 rings (SSSR count). The van der Waals surface area contributed by atoms with Crippen molar-refractivity contribution in [2.24, 2.45) is 0 Å². The van der Waals surface area contributed by atoms with Crippen molar-refractivity contribution in [1.29, 1.82) is 0 Å². The number of hydrogen-bond acceptors (Lipinski definition) is 1. The lowest BCUT2D eigenvalue weighted by molar-refractivity contribution is 0.178. The van der Waals surface area contributed by atoms with Gasteiger partial charge in [0.1, 0.15) is 0 Å². The zero-order chi connectivity index (χ0) is 11.1. The highest BCUT2D eigenvalue weighted by molar-refractivity contribution is 5.78. The van der Waals surface area contributed by atoms with Crippen molar-refractivity contribution in [2.45, 2.75) is 18.9 Å². The van der Waals surface area contributed by atoms with Gasteiger partial charge in [0.25, 0.3) is 0 Å². The quantitative estimate of drug-likeness (QED) is 0.766. The third-order valence-corrected chi connectivity index (χ3v) is 3.36. The molecule has 1 aliphatic rings. The average molecular weight is 210 g/mol. The van der Waals surface area contributed by atoms with Gasteiger partial charge in [-0.2, -0.15) is 0 Å². The van der Waals surface area contributed by atoms with Gasteiger partial charge in [0.2, 0.25) is 0 Å². The molecule has 80 valence electrons. The first-order chi connectivity index (χ1) is 7.79. The molecule has 1 N–H and O–H groups in total. The van der Waals surface area contributed by atoms with Crippen molar-refractivity contribution in [3.8, 4) is 11.1 Å². The Labute approximate surface area is 95.4 Å². The van der Waals surface area contributed by atoms with Crippen LogP contribution in [0.1, 0.15) is 24.0 Å². The van der Waals surface area contributed by atoms with Crippen molar-refractivity contribution < 1.29 is 5.11 Å². The first kappa shape index (κ1) is 9.61. The fourth-order valence-electron chi connectivity index (χ4n) is 2.71. The molecule has 0 radical (unpaired) electrons. The van der Waals surface area contributed by atoms with E-state index < -0.39 is 0 Å². The minimum atomic E-state index is -0.343. The van der Waals surface area contributed by atoms with Crippen LogP contribution in [-0.4, -0.2) is 11.2 Å². The highest BCUT2D eigenvalue weighted by Crippen LogP contribution is 2.45. The minimum Gasteiger partial charge on any atom is -0.392 e. The maximum atomic E-state index is 9.95. The third-order valence-electron chi connectivity index (χ3n) is 3.36. The Morgan fingerprint density at radius 1 is 0.875 bits per heavy atom. The van der Waals surface area contributed by atoms with Crippen molar-refractivity contribution in [2.75, 3.05) is 0 Å². The summed E-state index contributed by atoms with van der Waals surface area (Å²) >= 11 is 0. The third kappa shape index (κ3) is 1.22. The number of aliphatic hydroxyl groups is 1. The first-order valence-electron chi connectivity index (χ1n) is 5.65. The molecular weight excluding hydrogens is 196 g/mol. The van der Waals surface area contributed by atoms with E-state index >= 15 is 0 Å². The number of benzene rings is 2. The van der Waals surface area contributed by atoms with Crippen LogP contribution in [0.5, 0.6) is 0 Å². The van der Waals surface area contributed by atoms with Crippen LogP contribution in [0.25, 0.3) is 11.1 Å². The molecule has 0 aromatic heterocycles. The topological polar surface area (TPSA) is 20.2 Å². The molecule has 0 saturated heterocycles. The van der Waals surface area contributed by atoms with Gasteiger partial charge in [-0.15, -0.1) is 0 Å². The van der Waals surface area contributed by atoms with E-state index in [1.54, 1.807) is 0 Å². The summed E-state index contributed by atoms with van der Waals surface area (Å²) in [6.45, 7) is 1.86. The lowest BCUT2D eigenvalue weighted by atomic mass is 9.92. The van der Waals surface area contributed by atoms with E-state index in [4.69, 9.17) is 0 Å². The maximum Gasteiger partial charge on any atom is 0.0621 e. The molecule has 1 aliphatic carbocycles. The largest absolute Gasteiger partial charge is 0.392 e. The van der Waals surface area contributed by atoms with Crippen LogP contribution in [0.3, 0.4) is 0 Å². The summed E-state index contributed by atoms with van der Waals surface area (Å²) in [6, 6.07) is 16.7. The molecule has 0 fully saturated rings. The van der Waals surface area contributed by atoms with Crippen LogP contribution in [0.2, 0.25) is 0 Å². The van der Waals surface area contributed by atoms with Crippen LogP contribution < -0.4 is 0 Å². The smallest absolute Gasteiger partial charge is 0.0621 e. The molecule has 0 heterocycles. The molecule has 0 bridgehead atoms. The summed E-state index contributed by atoms with van der Waals surface area (Å²) in [6.07, 6.45) is -0.343. The Balaban J connectivity index is 2.30. The fraction of sp³-hybridized carbons (Fsp3) is 0.200. The summed E-state index contributed by atoms with van der Waals surface area (Å²) in [5, 5.41) is 9.95. The molecule has 0 saturated carbocycles. The van der Waals surface area contributed by atoms with Crippen LogP contribution in [0, 0.1) is 0 Å². The fourth-order valence-corrected chi connectivity index (χ4v) is 2.71. The number of hydrogen-bond donors (Lipinski definition) is 1. The number of rotatable bonds is 1. The van der Waals surface area contributed by atoms with E-state index in [-0.39, 0.29) is 12.0 Å². The van der Waals surface area contributed by atoms with Crippen molar-refractivity contribution in [1.82, 2.24) is 0 Å². The van der Waals surface area contributed by atoms with Crippen LogP contribution in [0.15, 0.2) is 48.5 Å². The van der Waals surface area contributed by atoms with Crippen molar-refractivity contribution >= 4 is 0 Å². The molecule has 0 amide bonds. The second-order valence-corrected chi connectivity index (χ2v) is 4.39. The Morgan fingerprint density at radius 3 is 1.75 bits per heavy atom. The normalized spacial score (nSPS) is 15.6. The van der Waals surface area contributed by atoms with E-state index in [0.29, 0.717) is 0 Å². The Bertz CT molecular complexity index is 483. The van der Waals surface area contributed by atoms with E-state index in [9.17, 15) is 5.11 Å². The van der Waals surface area contributed by atoms with E-state index in [0.717, 1.165) is 0 Å². The highest BCUT2D eigenvalue weighted by atomic mass is 16.3. The molecule has 0 aliphatic heterocycles. The van der Waals surface area contributed by atoms with Gasteiger partial charge in [-0.1, -0.05) is 48.5 Å². The molecular formula is C15H14O. The lowest BCUT2D eigenvalue weighted by Gasteiger charge is -2.16. The second-order valence-electron chi connectivity index (χ2n) is 4.39. The first-order valence-corrected chi connectivity index (χ1v) is 5.65. The van der Waals surface area contributed by atoms with Gasteiger partial charge in [0, 0.05) is 5.92 Å². The van der Waals surface area contributed by atoms with Gasteiger partial charge in [-0.3, -0.25) is 0 Å².